The highest BCUT2D eigenvalue weighted by molar-refractivity contribution is 4.93. The van der Waals surface area contributed by atoms with E-state index in [-0.39, 0.29) is 6.04 Å². The van der Waals surface area contributed by atoms with E-state index in [2.05, 4.69) is 15.2 Å². The zero-order valence-corrected chi connectivity index (χ0v) is 6.26. The van der Waals surface area contributed by atoms with Gasteiger partial charge in [0.2, 0.25) is 0 Å². The van der Waals surface area contributed by atoms with Gasteiger partial charge in [0.1, 0.15) is 5.82 Å². The van der Waals surface area contributed by atoms with Gasteiger partial charge in [0.15, 0.2) is 5.82 Å². The van der Waals surface area contributed by atoms with Crippen LogP contribution in [0.5, 0.6) is 0 Å². The van der Waals surface area contributed by atoms with Crippen molar-refractivity contribution in [2.75, 3.05) is 0 Å². The Hall–Kier alpha value is -0.900. The number of aromatic nitrogens is 3. The summed E-state index contributed by atoms with van der Waals surface area (Å²) in [4.78, 5) is 4.09. The minimum absolute atomic E-state index is 0.0232. The Morgan fingerprint density at radius 2 is 2.40 bits per heavy atom. The minimum Gasteiger partial charge on any atom is -0.321 e. The molecule has 0 fully saturated rings. The van der Waals surface area contributed by atoms with E-state index in [0.717, 1.165) is 12.2 Å². The molecule has 1 heterocycles. The average molecular weight is 140 g/mol. The summed E-state index contributed by atoms with van der Waals surface area (Å²) in [7, 11) is 0. The lowest BCUT2D eigenvalue weighted by molar-refractivity contribution is 0.652. The zero-order valence-electron chi connectivity index (χ0n) is 6.26. The van der Waals surface area contributed by atoms with E-state index in [1.54, 1.807) is 0 Å². The standard InChI is InChI=1S/C6H12N4/c1-3-5(7)6-8-4(2)9-10-6/h5H,3,7H2,1-2H3,(H,8,9,10). The molecule has 4 heteroatoms. The molecule has 1 rings (SSSR count). The lowest BCUT2D eigenvalue weighted by Crippen LogP contribution is -2.10. The third-order valence-corrected chi connectivity index (χ3v) is 1.39. The maximum Gasteiger partial charge on any atom is 0.167 e. The van der Waals surface area contributed by atoms with E-state index in [1.807, 2.05) is 13.8 Å². The number of nitrogens with zero attached hydrogens (tertiary/aromatic N) is 2. The fraction of sp³-hybridized carbons (Fsp3) is 0.667. The first-order chi connectivity index (χ1) is 4.74. The van der Waals surface area contributed by atoms with Gasteiger partial charge in [-0.25, -0.2) is 4.98 Å². The van der Waals surface area contributed by atoms with E-state index in [0.29, 0.717) is 5.82 Å². The van der Waals surface area contributed by atoms with Crippen molar-refractivity contribution in [2.45, 2.75) is 26.3 Å². The number of H-pyrrole nitrogens is 1. The third-order valence-electron chi connectivity index (χ3n) is 1.39. The van der Waals surface area contributed by atoms with Gasteiger partial charge in [0.05, 0.1) is 6.04 Å². The molecule has 0 aliphatic rings. The monoisotopic (exact) mass is 140 g/mol. The Kier molecular flexibility index (Phi) is 2.01. The van der Waals surface area contributed by atoms with Crippen LogP contribution in [0.1, 0.15) is 31.0 Å². The zero-order chi connectivity index (χ0) is 7.56. The number of hydrogen-bond donors (Lipinski definition) is 2. The molecule has 1 aromatic heterocycles. The molecule has 1 atom stereocenters. The highest BCUT2D eigenvalue weighted by atomic mass is 15.2. The molecular formula is C6H12N4. The fourth-order valence-electron chi connectivity index (χ4n) is 0.708. The number of nitrogens with two attached hydrogens (primary N) is 1. The van der Waals surface area contributed by atoms with Crippen LogP contribution in [0.2, 0.25) is 0 Å². The van der Waals surface area contributed by atoms with Crippen molar-refractivity contribution in [3.8, 4) is 0 Å². The van der Waals surface area contributed by atoms with Gasteiger partial charge in [-0.1, -0.05) is 6.92 Å². The van der Waals surface area contributed by atoms with E-state index in [9.17, 15) is 0 Å². The topological polar surface area (TPSA) is 67.6 Å². The summed E-state index contributed by atoms with van der Waals surface area (Å²) >= 11 is 0. The Balaban J connectivity index is 2.74. The van der Waals surface area contributed by atoms with Gasteiger partial charge < -0.3 is 5.73 Å². The smallest absolute Gasteiger partial charge is 0.167 e. The average Bonchev–Trinajstić information content (AvgIpc) is 2.34. The molecule has 56 valence electrons. The van der Waals surface area contributed by atoms with Crippen molar-refractivity contribution < 1.29 is 0 Å². The van der Waals surface area contributed by atoms with E-state index >= 15 is 0 Å². The summed E-state index contributed by atoms with van der Waals surface area (Å²) < 4.78 is 0. The van der Waals surface area contributed by atoms with Crippen molar-refractivity contribution in [1.29, 1.82) is 0 Å². The summed E-state index contributed by atoms with van der Waals surface area (Å²) in [6.45, 7) is 3.87. The number of nitrogens with one attached hydrogen (secondary N) is 1. The second-order valence-electron chi connectivity index (χ2n) is 2.29. The number of hydrogen-bond acceptors (Lipinski definition) is 3. The first kappa shape index (κ1) is 7.21. The lowest BCUT2D eigenvalue weighted by atomic mass is 10.2. The summed E-state index contributed by atoms with van der Waals surface area (Å²) in [5, 5.41) is 6.67. The van der Waals surface area contributed by atoms with Crippen LogP contribution in [0.15, 0.2) is 0 Å². The second kappa shape index (κ2) is 2.79. The van der Waals surface area contributed by atoms with Gasteiger partial charge in [-0.3, -0.25) is 5.10 Å². The minimum atomic E-state index is -0.0232. The van der Waals surface area contributed by atoms with Crippen LogP contribution >= 0.6 is 0 Å². The maximum absolute atomic E-state index is 5.66. The normalized spacial score (nSPS) is 13.5. The lowest BCUT2D eigenvalue weighted by Gasteiger charge is -1.99. The quantitative estimate of drug-likeness (QED) is 0.629. The summed E-state index contributed by atoms with van der Waals surface area (Å²) in [6.07, 6.45) is 0.872. The SMILES string of the molecule is CCC(N)c1n[nH]c(C)n1. The molecule has 0 radical (unpaired) electrons. The maximum atomic E-state index is 5.66. The van der Waals surface area contributed by atoms with Crippen molar-refractivity contribution in [3.63, 3.8) is 0 Å². The fourth-order valence-corrected chi connectivity index (χ4v) is 0.708. The molecule has 3 N–H and O–H groups in total. The number of rotatable bonds is 2. The first-order valence-corrected chi connectivity index (χ1v) is 3.38. The molecule has 1 unspecified atom stereocenters. The van der Waals surface area contributed by atoms with E-state index < -0.39 is 0 Å². The highest BCUT2D eigenvalue weighted by Gasteiger charge is 2.06. The Labute approximate surface area is 59.8 Å². The van der Waals surface area contributed by atoms with Crippen LogP contribution in [0, 0.1) is 6.92 Å². The van der Waals surface area contributed by atoms with Crippen LogP contribution in [-0.2, 0) is 0 Å². The molecular weight excluding hydrogens is 128 g/mol. The summed E-state index contributed by atoms with van der Waals surface area (Å²) in [5.74, 6) is 1.53. The number of aromatic amines is 1. The molecule has 0 saturated carbocycles. The van der Waals surface area contributed by atoms with Gasteiger partial charge >= 0.3 is 0 Å². The largest absolute Gasteiger partial charge is 0.321 e. The van der Waals surface area contributed by atoms with Crippen molar-refractivity contribution in [1.82, 2.24) is 15.2 Å². The van der Waals surface area contributed by atoms with E-state index in [1.165, 1.54) is 0 Å². The predicted molar refractivity (Wildman–Crippen MR) is 38.3 cm³/mol. The first-order valence-electron chi connectivity index (χ1n) is 3.38. The van der Waals surface area contributed by atoms with Gasteiger partial charge in [-0.15, -0.1) is 0 Å². The van der Waals surface area contributed by atoms with Crippen LogP contribution in [-0.4, -0.2) is 15.2 Å². The van der Waals surface area contributed by atoms with Gasteiger partial charge in [-0.2, -0.15) is 5.10 Å². The van der Waals surface area contributed by atoms with Crippen LogP contribution in [0.25, 0.3) is 0 Å². The molecule has 10 heavy (non-hydrogen) atoms. The Bertz CT molecular complexity index is 205. The van der Waals surface area contributed by atoms with E-state index in [4.69, 9.17) is 5.73 Å². The summed E-state index contributed by atoms with van der Waals surface area (Å²) in [5.41, 5.74) is 5.66. The molecule has 0 aliphatic carbocycles. The molecule has 4 nitrogen and oxygen atoms in total. The molecule has 0 bridgehead atoms. The third kappa shape index (κ3) is 1.33. The van der Waals surface area contributed by atoms with Crippen molar-refractivity contribution in [3.05, 3.63) is 11.6 Å². The molecule has 1 aromatic rings. The predicted octanol–water partition coefficient (Wildman–Crippen LogP) is 0.523. The molecule has 0 amide bonds. The van der Waals surface area contributed by atoms with Crippen LogP contribution in [0.4, 0.5) is 0 Å². The molecule has 0 aromatic carbocycles. The molecule has 0 aliphatic heterocycles. The van der Waals surface area contributed by atoms with Gasteiger partial charge in [-0.05, 0) is 13.3 Å². The Morgan fingerprint density at radius 3 is 2.80 bits per heavy atom. The molecule has 0 spiro atoms. The Morgan fingerprint density at radius 1 is 1.70 bits per heavy atom. The molecule has 0 saturated heterocycles. The number of aryl methyl sites for hydroxylation is 1. The van der Waals surface area contributed by atoms with Crippen LogP contribution in [0.3, 0.4) is 0 Å². The van der Waals surface area contributed by atoms with Gasteiger partial charge in [0, 0.05) is 0 Å². The summed E-state index contributed by atoms with van der Waals surface area (Å²) in [6, 6.07) is -0.0232. The second-order valence-corrected chi connectivity index (χ2v) is 2.29. The van der Waals surface area contributed by atoms with Gasteiger partial charge in [0.25, 0.3) is 0 Å². The highest BCUT2D eigenvalue weighted by Crippen LogP contribution is 2.06. The van der Waals surface area contributed by atoms with Crippen LogP contribution < -0.4 is 5.73 Å². The van der Waals surface area contributed by atoms with Crippen molar-refractivity contribution >= 4 is 0 Å². The van der Waals surface area contributed by atoms with Crippen molar-refractivity contribution in [2.24, 2.45) is 5.73 Å².